The fourth-order valence-electron chi connectivity index (χ4n) is 3.33. The molecule has 1 aliphatic heterocycles. The SMILES string of the molecule is C=CCC1Oc2cccc(OC)c2-c2ccc(NS(=O)(=O)c3cccs3)cc21. The van der Waals surface area contributed by atoms with E-state index in [4.69, 9.17) is 9.47 Å². The molecule has 0 bridgehead atoms. The third kappa shape index (κ3) is 3.27. The highest BCUT2D eigenvalue weighted by Gasteiger charge is 2.28. The second-order valence-electron chi connectivity index (χ2n) is 6.30. The molecule has 2 aromatic carbocycles. The van der Waals surface area contributed by atoms with Gasteiger partial charge in [-0.15, -0.1) is 17.9 Å². The van der Waals surface area contributed by atoms with E-state index >= 15 is 0 Å². The minimum absolute atomic E-state index is 0.252. The minimum atomic E-state index is -3.62. The molecule has 1 atom stereocenters. The van der Waals surface area contributed by atoms with Gasteiger partial charge in [0.05, 0.1) is 12.7 Å². The van der Waals surface area contributed by atoms with Gasteiger partial charge in [0.15, 0.2) is 0 Å². The lowest BCUT2D eigenvalue weighted by Gasteiger charge is -2.29. The number of thiophene rings is 1. The van der Waals surface area contributed by atoms with Gasteiger partial charge in [0, 0.05) is 17.7 Å². The third-order valence-electron chi connectivity index (χ3n) is 4.54. The van der Waals surface area contributed by atoms with E-state index < -0.39 is 10.0 Å². The Morgan fingerprint density at radius 1 is 1.25 bits per heavy atom. The van der Waals surface area contributed by atoms with E-state index in [2.05, 4.69) is 11.3 Å². The van der Waals surface area contributed by atoms with Crippen molar-refractivity contribution < 1.29 is 17.9 Å². The Labute approximate surface area is 168 Å². The zero-order chi connectivity index (χ0) is 19.7. The van der Waals surface area contributed by atoms with Crippen LogP contribution in [0.4, 0.5) is 5.69 Å². The normalized spacial score (nSPS) is 15.1. The van der Waals surface area contributed by atoms with Gasteiger partial charge in [0.25, 0.3) is 10.0 Å². The lowest BCUT2D eigenvalue weighted by Crippen LogP contribution is -2.16. The number of rotatable bonds is 6. The fraction of sp³-hybridized carbons (Fsp3) is 0.143. The maximum absolute atomic E-state index is 12.6. The molecule has 0 amide bonds. The van der Waals surface area contributed by atoms with Crippen molar-refractivity contribution in [1.82, 2.24) is 0 Å². The predicted molar refractivity (Wildman–Crippen MR) is 112 cm³/mol. The molecule has 0 aliphatic carbocycles. The number of fused-ring (bicyclic) bond motifs is 3. The van der Waals surface area contributed by atoms with Crippen LogP contribution in [-0.4, -0.2) is 15.5 Å². The van der Waals surface area contributed by atoms with Crippen LogP contribution in [0, 0.1) is 0 Å². The molecule has 7 heteroatoms. The number of methoxy groups -OCH3 is 1. The molecule has 2 heterocycles. The Morgan fingerprint density at radius 2 is 2.11 bits per heavy atom. The van der Waals surface area contributed by atoms with Crippen LogP contribution in [0.1, 0.15) is 18.1 Å². The lowest BCUT2D eigenvalue weighted by molar-refractivity contribution is 0.205. The van der Waals surface area contributed by atoms with Crippen molar-refractivity contribution in [2.45, 2.75) is 16.7 Å². The van der Waals surface area contributed by atoms with Crippen molar-refractivity contribution in [3.8, 4) is 22.6 Å². The Morgan fingerprint density at radius 3 is 2.82 bits per heavy atom. The van der Waals surface area contributed by atoms with Gasteiger partial charge in [-0.05, 0) is 41.3 Å². The highest BCUT2D eigenvalue weighted by atomic mass is 32.2. The fourth-order valence-corrected chi connectivity index (χ4v) is 5.37. The minimum Gasteiger partial charge on any atom is -0.496 e. The van der Waals surface area contributed by atoms with E-state index in [9.17, 15) is 8.42 Å². The van der Waals surface area contributed by atoms with Crippen LogP contribution in [0.2, 0.25) is 0 Å². The van der Waals surface area contributed by atoms with Crippen molar-refractivity contribution in [2.24, 2.45) is 0 Å². The largest absolute Gasteiger partial charge is 0.496 e. The maximum Gasteiger partial charge on any atom is 0.271 e. The lowest BCUT2D eigenvalue weighted by atomic mass is 9.90. The van der Waals surface area contributed by atoms with Gasteiger partial charge in [-0.1, -0.05) is 24.3 Å². The van der Waals surface area contributed by atoms with Crippen molar-refractivity contribution >= 4 is 27.0 Å². The van der Waals surface area contributed by atoms with Gasteiger partial charge in [-0.25, -0.2) is 8.42 Å². The molecule has 0 radical (unpaired) electrons. The number of anilines is 1. The van der Waals surface area contributed by atoms with Crippen molar-refractivity contribution in [3.05, 3.63) is 72.1 Å². The van der Waals surface area contributed by atoms with Crippen LogP contribution >= 0.6 is 11.3 Å². The van der Waals surface area contributed by atoms with E-state index in [1.807, 2.05) is 30.3 Å². The smallest absolute Gasteiger partial charge is 0.271 e. The molecule has 0 spiro atoms. The summed E-state index contributed by atoms with van der Waals surface area (Å²) in [6, 6.07) is 14.5. The number of sulfonamides is 1. The summed E-state index contributed by atoms with van der Waals surface area (Å²) in [6.45, 7) is 3.82. The quantitative estimate of drug-likeness (QED) is 0.562. The average molecular weight is 414 g/mol. The predicted octanol–water partition coefficient (Wildman–Crippen LogP) is 5.23. The number of nitrogens with one attached hydrogen (secondary N) is 1. The summed E-state index contributed by atoms with van der Waals surface area (Å²) in [5.41, 5.74) is 3.21. The first kappa shape index (κ1) is 18.6. The molecule has 3 aromatic rings. The molecule has 28 heavy (non-hydrogen) atoms. The van der Waals surface area contributed by atoms with E-state index in [0.29, 0.717) is 17.9 Å². The molecular formula is C21H19NO4S2. The summed E-state index contributed by atoms with van der Waals surface area (Å²) in [4.78, 5) is 0. The Hall–Kier alpha value is -2.77. The molecule has 1 aromatic heterocycles. The monoisotopic (exact) mass is 413 g/mol. The molecule has 5 nitrogen and oxygen atoms in total. The molecule has 1 unspecified atom stereocenters. The number of hydrogen-bond acceptors (Lipinski definition) is 5. The average Bonchev–Trinajstić information content (AvgIpc) is 3.23. The van der Waals surface area contributed by atoms with Gasteiger partial charge in [-0.2, -0.15) is 0 Å². The molecule has 1 N–H and O–H groups in total. The van der Waals surface area contributed by atoms with Gasteiger partial charge in [0.1, 0.15) is 21.8 Å². The maximum atomic E-state index is 12.6. The van der Waals surface area contributed by atoms with Crippen LogP contribution < -0.4 is 14.2 Å². The summed E-state index contributed by atoms with van der Waals surface area (Å²) in [7, 11) is -2.00. The first-order chi connectivity index (χ1) is 13.5. The summed E-state index contributed by atoms with van der Waals surface area (Å²) in [5.74, 6) is 1.45. The molecule has 0 saturated heterocycles. The summed E-state index contributed by atoms with van der Waals surface area (Å²) in [6.07, 6.45) is 2.14. The van der Waals surface area contributed by atoms with Crippen molar-refractivity contribution in [1.29, 1.82) is 0 Å². The Kier molecular flexibility index (Phi) is 4.87. The van der Waals surface area contributed by atoms with Crippen LogP contribution in [0.25, 0.3) is 11.1 Å². The van der Waals surface area contributed by atoms with Gasteiger partial charge < -0.3 is 9.47 Å². The van der Waals surface area contributed by atoms with Crippen LogP contribution in [0.15, 0.2) is 70.8 Å². The van der Waals surface area contributed by atoms with E-state index in [1.54, 1.807) is 36.8 Å². The number of ether oxygens (including phenoxy) is 2. The number of benzene rings is 2. The molecule has 0 fully saturated rings. The van der Waals surface area contributed by atoms with Crippen molar-refractivity contribution in [2.75, 3.05) is 11.8 Å². The van der Waals surface area contributed by atoms with E-state index in [0.717, 1.165) is 22.4 Å². The van der Waals surface area contributed by atoms with Crippen LogP contribution in [-0.2, 0) is 10.0 Å². The topological polar surface area (TPSA) is 64.6 Å². The van der Waals surface area contributed by atoms with Gasteiger partial charge in [0.2, 0.25) is 0 Å². The van der Waals surface area contributed by atoms with Gasteiger partial charge >= 0.3 is 0 Å². The number of hydrogen-bond donors (Lipinski definition) is 1. The standard InChI is InChI=1S/C21H19NO4S2/c1-3-6-17-16-13-14(22-28(23,24)20-9-5-12-27-20)10-11-15(16)21-18(25-2)7-4-8-19(21)26-17/h3-5,7-13,17,22H,1,6H2,2H3. The molecule has 0 saturated carbocycles. The highest BCUT2D eigenvalue weighted by Crippen LogP contribution is 2.48. The molecule has 144 valence electrons. The summed E-state index contributed by atoms with van der Waals surface area (Å²) < 4.78 is 39.8. The second-order valence-corrected chi connectivity index (χ2v) is 9.16. The highest BCUT2D eigenvalue weighted by molar-refractivity contribution is 7.94. The van der Waals surface area contributed by atoms with E-state index in [-0.39, 0.29) is 10.3 Å². The summed E-state index contributed by atoms with van der Waals surface area (Å²) >= 11 is 1.18. The second kappa shape index (κ2) is 7.33. The zero-order valence-corrected chi connectivity index (χ0v) is 16.8. The first-order valence-corrected chi connectivity index (χ1v) is 11.0. The molecule has 1 aliphatic rings. The van der Waals surface area contributed by atoms with Crippen LogP contribution in [0.5, 0.6) is 11.5 Å². The molecule has 4 rings (SSSR count). The van der Waals surface area contributed by atoms with Gasteiger partial charge in [-0.3, -0.25) is 4.72 Å². The summed E-state index contributed by atoms with van der Waals surface area (Å²) in [5, 5.41) is 1.73. The van der Waals surface area contributed by atoms with E-state index in [1.165, 1.54) is 11.3 Å². The van der Waals surface area contributed by atoms with Crippen LogP contribution in [0.3, 0.4) is 0 Å². The third-order valence-corrected chi connectivity index (χ3v) is 7.32. The van der Waals surface area contributed by atoms with Crippen molar-refractivity contribution in [3.63, 3.8) is 0 Å². The Balaban J connectivity index is 1.79. The zero-order valence-electron chi connectivity index (χ0n) is 15.2. The molecular weight excluding hydrogens is 394 g/mol. The Bertz CT molecular complexity index is 1120. The first-order valence-electron chi connectivity index (χ1n) is 8.68.